The van der Waals surface area contributed by atoms with Gasteiger partial charge in [0.15, 0.2) is 0 Å². The van der Waals surface area contributed by atoms with Gasteiger partial charge in [-0.3, -0.25) is 4.79 Å². The van der Waals surface area contributed by atoms with Crippen LogP contribution >= 0.6 is 0 Å². The van der Waals surface area contributed by atoms with Crippen molar-refractivity contribution in [3.05, 3.63) is 65.2 Å². The first kappa shape index (κ1) is 22.1. The van der Waals surface area contributed by atoms with Crippen LogP contribution in [0, 0.1) is 11.3 Å². The summed E-state index contributed by atoms with van der Waals surface area (Å²) in [5, 5.41) is 18.9. The van der Waals surface area contributed by atoms with Crippen molar-refractivity contribution in [3.63, 3.8) is 0 Å². The van der Waals surface area contributed by atoms with Gasteiger partial charge in [-0.25, -0.2) is 9.59 Å². The number of carbonyl (C=O) groups is 3. The van der Waals surface area contributed by atoms with Crippen LogP contribution in [-0.4, -0.2) is 36.7 Å². The molecule has 0 fully saturated rings. The Bertz CT molecular complexity index is 1000. The lowest BCUT2D eigenvalue weighted by atomic mass is 9.64. The van der Waals surface area contributed by atoms with E-state index in [4.69, 9.17) is 19.4 Å². The summed E-state index contributed by atoms with van der Waals surface area (Å²) in [6.45, 7) is -0.575. The number of para-hydroxylation sites is 1. The average molecular weight is 421 g/mol. The number of nitriles is 1. The van der Waals surface area contributed by atoms with Crippen molar-refractivity contribution in [2.24, 2.45) is 0 Å². The molecule has 1 N–H and O–H groups in total. The summed E-state index contributed by atoms with van der Waals surface area (Å²) in [6, 6.07) is 15.1. The minimum atomic E-state index is -1.27. The van der Waals surface area contributed by atoms with E-state index < -0.39 is 31.7 Å². The highest BCUT2D eigenvalue weighted by Gasteiger charge is 2.37. The molecule has 2 aromatic carbocycles. The van der Waals surface area contributed by atoms with Crippen LogP contribution in [0.2, 0.25) is 5.82 Å². The van der Waals surface area contributed by atoms with Gasteiger partial charge in [-0.2, -0.15) is 5.26 Å². The number of rotatable bonds is 8. The van der Waals surface area contributed by atoms with Crippen LogP contribution in [0.1, 0.15) is 45.5 Å². The smallest absolute Gasteiger partial charge is 0.526 e. The zero-order valence-electron chi connectivity index (χ0n) is 16.7. The first-order chi connectivity index (χ1) is 15.0. The number of hydrogen-bond donors (Lipinski definition) is 1. The summed E-state index contributed by atoms with van der Waals surface area (Å²) in [5.41, 5.74) is 1.07. The quantitative estimate of drug-likeness (QED) is 0.392. The topological polar surface area (TPSA) is 123 Å². The second-order valence-corrected chi connectivity index (χ2v) is 7.01. The summed E-state index contributed by atoms with van der Waals surface area (Å²) in [7, 11) is -1.27. The van der Waals surface area contributed by atoms with Crippen LogP contribution in [0.15, 0.2) is 48.5 Å². The van der Waals surface area contributed by atoms with Crippen molar-refractivity contribution >= 4 is 24.8 Å². The molecule has 0 saturated heterocycles. The lowest BCUT2D eigenvalue weighted by Gasteiger charge is -2.28. The predicted octanol–water partition coefficient (Wildman–Crippen LogP) is 2.71. The SMILES string of the molecule is N#CCCC(=O)C[C@H]1Cc2cccc(C(=O)OCOC(=O)c3ccccc3)c2OB1O. The normalized spacial score (nSPS) is 14.6. The standard InChI is InChI=1S/C22H20BNO7/c24-11-5-9-18(25)13-17-12-16-8-4-10-19(20(16)31-23(17)28)22(27)30-14-29-21(26)15-6-2-1-3-7-15/h1-4,6-8,10,17,28H,5,9,12-14H2/t17-/m1/s1. The molecule has 3 rings (SSSR count). The van der Waals surface area contributed by atoms with Crippen LogP contribution in [0.3, 0.4) is 0 Å². The van der Waals surface area contributed by atoms with Crippen molar-refractivity contribution in [1.29, 1.82) is 5.26 Å². The third kappa shape index (κ3) is 5.71. The van der Waals surface area contributed by atoms with Crippen LogP contribution in [0.25, 0.3) is 0 Å². The maximum Gasteiger partial charge on any atom is 0.526 e. The maximum absolute atomic E-state index is 12.5. The largest absolute Gasteiger partial charge is 0.535 e. The van der Waals surface area contributed by atoms with Crippen molar-refractivity contribution in [2.45, 2.75) is 31.5 Å². The highest BCUT2D eigenvalue weighted by atomic mass is 16.7. The Labute approximate surface area is 179 Å². The van der Waals surface area contributed by atoms with Gasteiger partial charge < -0.3 is 19.2 Å². The third-order valence-electron chi connectivity index (χ3n) is 4.84. The number of fused-ring (bicyclic) bond motifs is 1. The number of benzene rings is 2. The Hall–Kier alpha value is -3.64. The monoisotopic (exact) mass is 421 g/mol. The minimum Gasteiger partial charge on any atom is -0.535 e. The molecule has 9 heteroatoms. The zero-order chi connectivity index (χ0) is 22.2. The number of carbonyl (C=O) groups excluding carboxylic acids is 3. The zero-order valence-corrected chi connectivity index (χ0v) is 16.7. The fraction of sp³-hybridized carbons (Fsp3) is 0.273. The van der Waals surface area contributed by atoms with Gasteiger partial charge in [0.2, 0.25) is 6.79 Å². The van der Waals surface area contributed by atoms with E-state index in [1.165, 1.54) is 6.07 Å². The van der Waals surface area contributed by atoms with Crippen LogP contribution in [-0.2, 0) is 20.7 Å². The molecule has 0 amide bonds. The molecule has 0 saturated carbocycles. The van der Waals surface area contributed by atoms with E-state index in [9.17, 15) is 19.4 Å². The number of nitrogens with zero attached hydrogens (tertiary/aromatic N) is 1. The molecular formula is C22H20BNO7. The van der Waals surface area contributed by atoms with E-state index in [2.05, 4.69) is 0 Å². The number of esters is 2. The summed E-state index contributed by atoms with van der Waals surface area (Å²) in [6.07, 6.45) is 0.663. The van der Waals surface area contributed by atoms with Gasteiger partial charge in [0.05, 0.1) is 11.6 Å². The minimum absolute atomic E-state index is 0.0758. The lowest BCUT2D eigenvalue weighted by Crippen LogP contribution is -2.36. The Balaban J connectivity index is 1.61. The van der Waals surface area contributed by atoms with Gasteiger partial charge in [0, 0.05) is 25.1 Å². The van der Waals surface area contributed by atoms with E-state index in [1.807, 2.05) is 6.07 Å². The Kier molecular flexibility index (Phi) is 7.41. The number of ether oxygens (including phenoxy) is 2. The van der Waals surface area contributed by atoms with E-state index in [1.54, 1.807) is 42.5 Å². The van der Waals surface area contributed by atoms with E-state index in [0.717, 1.165) is 0 Å². The van der Waals surface area contributed by atoms with Gasteiger partial charge in [0.1, 0.15) is 17.1 Å². The van der Waals surface area contributed by atoms with Crippen LogP contribution in [0.5, 0.6) is 5.75 Å². The van der Waals surface area contributed by atoms with E-state index >= 15 is 0 Å². The molecule has 1 aliphatic rings. The molecular weight excluding hydrogens is 401 g/mol. The van der Waals surface area contributed by atoms with Crippen molar-refractivity contribution < 1.29 is 33.5 Å². The highest BCUT2D eigenvalue weighted by molar-refractivity contribution is 6.47. The lowest BCUT2D eigenvalue weighted by molar-refractivity contribution is -0.119. The Morgan fingerprint density at radius 1 is 1.10 bits per heavy atom. The van der Waals surface area contributed by atoms with Crippen LogP contribution < -0.4 is 4.65 Å². The van der Waals surface area contributed by atoms with Crippen LogP contribution in [0.4, 0.5) is 0 Å². The molecule has 0 aromatic heterocycles. The third-order valence-corrected chi connectivity index (χ3v) is 4.84. The average Bonchev–Trinajstić information content (AvgIpc) is 2.78. The Morgan fingerprint density at radius 2 is 1.84 bits per heavy atom. The number of hydrogen-bond acceptors (Lipinski definition) is 8. The van der Waals surface area contributed by atoms with Gasteiger partial charge in [-0.1, -0.05) is 30.3 Å². The Morgan fingerprint density at radius 3 is 2.58 bits per heavy atom. The maximum atomic E-state index is 12.5. The predicted molar refractivity (Wildman–Crippen MR) is 109 cm³/mol. The molecule has 0 spiro atoms. The fourth-order valence-corrected chi connectivity index (χ4v) is 3.28. The van der Waals surface area contributed by atoms with Crippen molar-refractivity contribution in [3.8, 4) is 11.8 Å². The second kappa shape index (κ2) is 10.4. The molecule has 0 bridgehead atoms. The molecule has 0 radical (unpaired) electrons. The summed E-state index contributed by atoms with van der Waals surface area (Å²) >= 11 is 0. The highest BCUT2D eigenvalue weighted by Crippen LogP contribution is 2.36. The van der Waals surface area contributed by atoms with Crippen molar-refractivity contribution in [2.75, 3.05) is 6.79 Å². The van der Waals surface area contributed by atoms with Crippen molar-refractivity contribution in [1.82, 2.24) is 0 Å². The molecule has 0 unspecified atom stereocenters. The van der Waals surface area contributed by atoms with Gasteiger partial charge in [-0.15, -0.1) is 0 Å². The first-order valence-corrected chi connectivity index (χ1v) is 9.74. The molecule has 31 heavy (non-hydrogen) atoms. The molecule has 2 aromatic rings. The molecule has 158 valence electrons. The fourth-order valence-electron chi connectivity index (χ4n) is 3.28. The van der Waals surface area contributed by atoms with Gasteiger partial charge in [-0.05, 0) is 30.2 Å². The summed E-state index contributed by atoms with van der Waals surface area (Å²) in [5.74, 6) is -1.83. The number of ketones is 1. The molecule has 0 aliphatic carbocycles. The summed E-state index contributed by atoms with van der Waals surface area (Å²) < 4.78 is 15.5. The van der Waals surface area contributed by atoms with Gasteiger partial charge in [0.25, 0.3) is 0 Å². The van der Waals surface area contributed by atoms with E-state index in [0.29, 0.717) is 17.5 Å². The molecule has 1 aliphatic heterocycles. The molecule has 8 nitrogen and oxygen atoms in total. The summed E-state index contributed by atoms with van der Waals surface area (Å²) in [4.78, 5) is 36.3. The number of Topliss-reactive ketones (excluding diaryl/α,β-unsaturated/α-hetero) is 1. The first-order valence-electron chi connectivity index (χ1n) is 9.74. The molecule has 1 atom stereocenters. The van der Waals surface area contributed by atoms with E-state index in [-0.39, 0.29) is 36.4 Å². The molecule has 1 heterocycles. The second-order valence-electron chi connectivity index (χ2n) is 7.01. The van der Waals surface area contributed by atoms with Gasteiger partial charge >= 0.3 is 19.1 Å².